The van der Waals surface area contributed by atoms with Crippen LogP contribution in [0.4, 0.5) is 11.6 Å². The quantitative estimate of drug-likeness (QED) is 0.215. The highest BCUT2D eigenvalue weighted by atomic mass is 16.5. The molecule has 9 heteroatoms. The van der Waals surface area contributed by atoms with E-state index in [1.165, 1.54) is 0 Å². The van der Waals surface area contributed by atoms with E-state index in [-0.39, 0.29) is 30.5 Å². The molecule has 5 N–H and O–H groups in total. The number of aliphatic hydroxyl groups excluding tert-OH is 2. The molecule has 0 aliphatic carbocycles. The van der Waals surface area contributed by atoms with E-state index in [0.29, 0.717) is 59.2 Å². The Kier molecular flexibility index (Phi) is 9.08. The van der Waals surface area contributed by atoms with Gasteiger partial charge in [-0.1, -0.05) is 57.2 Å². The van der Waals surface area contributed by atoms with Gasteiger partial charge in [-0.2, -0.15) is 9.97 Å². The number of nitrogens with two attached hydrogens (primary N) is 1. The van der Waals surface area contributed by atoms with Crippen molar-refractivity contribution in [3.05, 3.63) is 94.8 Å². The minimum atomic E-state index is -0.340. The lowest BCUT2D eigenvalue weighted by Crippen LogP contribution is -2.15. The Labute approximate surface area is 234 Å². The van der Waals surface area contributed by atoms with Crippen LogP contribution in [0.2, 0.25) is 0 Å². The summed E-state index contributed by atoms with van der Waals surface area (Å²) in [6.07, 6.45) is 0.978. The molecule has 208 valence electrons. The molecule has 1 amide bonds. The van der Waals surface area contributed by atoms with Crippen LogP contribution in [0, 0.1) is 0 Å². The molecule has 0 fully saturated rings. The zero-order chi connectivity index (χ0) is 28.7. The van der Waals surface area contributed by atoms with Gasteiger partial charge in [-0.05, 0) is 46.9 Å². The van der Waals surface area contributed by atoms with E-state index in [2.05, 4.69) is 41.0 Å². The third kappa shape index (κ3) is 7.19. The molecule has 3 aromatic carbocycles. The summed E-state index contributed by atoms with van der Waals surface area (Å²) in [5.41, 5.74) is 10.1. The topological polar surface area (TPSA) is 143 Å². The molecule has 0 spiro atoms. The number of carbonyl (C=O) groups excluding carboxylic acids is 1. The number of hydrogen-bond donors (Lipinski definition) is 4. The molecule has 4 rings (SSSR count). The van der Waals surface area contributed by atoms with E-state index >= 15 is 0 Å². The van der Waals surface area contributed by atoms with E-state index in [0.717, 1.165) is 11.1 Å². The summed E-state index contributed by atoms with van der Waals surface area (Å²) in [5, 5.41) is 22.1. The molecule has 1 heterocycles. The fourth-order valence-corrected chi connectivity index (χ4v) is 4.18. The van der Waals surface area contributed by atoms with Crippen molar-refractivity contribution in [1.82, 2.24) is 15.0 Å². The largest absolute Gasteiger partial charge is 0.494 e. The van der Waals surface area contributed by atoms with Gasteiger partial charge >= 0.3 is 0 Å². The van der Waals surface area contributed by atoms with Crippen LogP contribution in [-0.2, 0) is 18.4 Å². The Morgan fingerprint density at radius 2 is 1.68 bits per heavy atom. The van der Waals surface area contributed by atoms with Gasteiger partial charge in [-0.25, -0.2) is 4.98 Å². The fourth-order valence-electron chi connectivity index (χ4n) is 4.18. The van der Waals surface area contributed by atoms with Crippen LogP contribution >= 0.6 is 0 Å². The number of anilines is 2. The van der Waals surface area contributed by atoms with Crippen molar-refractivity contribution in [2.75, 3.05) is 24.3 Å². The molecule has 1 aromatic heterocycles. The Hall–Kier alpha value is -4.34. The first-order valence-corrected chi connectivity index (χ1v) is 13.2. The lowest BCUT2D eigenvalue weighted by molar-refractivity contribution is 0.102. The van der Waals surface area contributed by atoms with Gasteiger partial charge in [-0.15, -0.1) is 0 Å². The standard InChI is InChI=1S/C31H35N5O4/c1-31(2,3)22-12-10-21(11-13-22)29(39)33-26-7-4-6-24(25(26)19-38)28-34-27(35-30(32)36-28)18-20-8-14-23(15-9-20)40-17-5-16-37/h4,6-15,37-38H,5,16-19H2,1-3H3,(H,33,39)(H2,32,34,35,36). The molecular weight excluding hydrogens is 506 g/mol. The maximum atomic E-state index is 13.0. The predicted octanol–water partition coefficient (Wildman–Crippen LogP) is 4.51. The molecule has 0 bridgehead atoms. The first-order chi connectivity index (χ1) is 19.2. The van der Waals surface area contributed by atoms with Crippen molar-refractivity contribution >= 4 is 17.5 Å². The summed E-state index contributed by atoms with van der Waals surface area (Å²) in [5.74, 6) is 1.26. The summed E-state index contributed by atoms with van der Waals surface area (Å²) < 4.78 is 5.58. The van der Waals surface area contributed by atoms with Crippen LogP contribution in [0.3, 0.4) is 0 Å². The van der Waals surface area contributed by atoms with Gasteiger partial charge in [0.25, 0.3) is 5.91 Å². The van der Waals surface area contributed by atoms with Gasteiger partial charge in [0.05, 0.1) is 13.2 Å². The number of amides is 1. The third-order valence-electron chi connectivity index (χ3n) is 6.39. The second kappa shape index (κ2) is 12.7. The Morgan fingerprint density at radius 3 is 2.33 bits per heavy atom. The zero-order valence-electron chi connectivity index (χ0n) is 23.0. The molecular formula is C31H35N5O4. The molecule has 0 saturated carbocycles. The van der Waals surface area contributed by atoms with E-state index in [1.54, 1.807) is 30.3 Å². The van der Waals surface area contributed by atoms with Crippen LogP contribution in [0.5, 0.6) is 5.75 Å². The van der Waals surface area contributed by atoms with Crippen molar-refractivity contribution in [3.8, 4) is 17.1 Å². The maximum Gasteiger partial charge on any atom is 0.255 e. The van der Waals surface area contributed by atoms with Crippen molar-refractivity contribution in [1.29, 1.82) is 0 Å². The number of rotatable bonds is 10. The Morgan fingerprint density at radius 1 is 0.950 bits per heavy atom. The van der Waals surface area contributed by atoms with Crippen LogP contribution in [0.1, 0.15) is 60.1 Å². The molecule has 0 aliphatic rings. The number of aromatic nitrogens is 3. The zero-order valence-corrected chi connectivity index (χ0v) is 23.0. The molecule has 40 heavy (non-hydrogen) atoms. The van der Waals surface area contributed by atoms with E-state index in [9.17, 15) is 9.90 Å². The monoisotopic (exact) mass is 541 g/mol. The molecule has 0 atom stereocenters. The average molecular weight is 542 g/mol. The fraction of sp³-hybridized carbons (Fsp3) is 0.290. The number of ether oxygens (including phenoxy) is 1. The smallest absolute Gasteiger partial charge is 0.255 e. The van der Waals surface area contributed by atoms with Crippen molar-refractivity contribution in [2.24, 2.45) is 0 Å². The van der Waals surface area contributed by atoms with Gasteiger partial charge in [0, 0.05) is 41.8 Å². The van der Waals surface area contributed by atoms with Crippen molar-refractivity contribution in [3.63, 3.8) is 0 Å². The van der Waals surface area contributed by atoms with Gasteiger partial charge in [0.2, 0.25) is 5.95 Å². The number of carbonyl (C=O) groups is 1. The highest BCUT2D eigenvalue weighted by molar-refractivity contribution is 6.05. The van der Waals surface area contributed by atoms with Gasteiger partial charge in [0.1, 0.15) is 11.6 Å². The Balaban J connectivity index is 1.55. The first kappa shape index (κ1) is 28.7. The summed E-state index contributed by atoms with van der Waals surface area (Å²) >= 11 is 0. The lowest BCUT2D eigenvalue weighted by atomic mass is 9.86. The number of aliphatic hydroxyl groups is 2. The SMILES string of the molecule is CC(C)(C)c1ccc(C(=O)Nc2cccc(-c3nc(N)nc(Cc4ccc(OCCCO)cc4)n3)c2CO)cc1. The normalized spacial score (nSPS) is 11.3. The van der Waals surface area contributed by atoms with Crippen LogP contribution in [0.15, 0.2) is 66.7 Å². The average Bonchev–Trinajstić information content (AvgIpc) is 2.93. The third-order valence-corrected chi connectivity index (χ3v) is 6.39. The molecule has 9 nitrogen and oxygen atoms in total. The first-order valence-electron chi connectivity index (χ1n) is 13.2. The molecule has 0 radical (unpaired) electrons. The number of nitrogen functional groups attached to an aromatic ring is 1. The van der Waals surface area contributed by atoms with Crippen LogP contribution < -0.4 is 15.8 Å². The number of nitrogens with one attached hydrogen (secondary N) is 1. The number of nitrogens with zero attached hydrogens (tertiary/aromatic N) is 3. The summed E-state index contributed by atoms with van der Waals surface area (Å²) in [6.45, 7) is 6.54. The highest BCUT2D eigenvalue weighted by Crippen LogP contribution is 2.29. The molecule has 0 unspecified atom stereocenters. The highest BCUT2D eigenvalue weighted by Gasteiger charge is 2.18. The summed E-state index contributed by atoms with van der Waals surface area (Å²) in [7, 11) is 0. The predicted molar refractivity (Wildman–Crippen MR) is 155 cm³/mol. The minimum Gasteiger partial charge on any atom is -0.494 e. The summed E-state index contributed by atoms with van der Waals surface area (Å²) in [6, 6.07) is 20.3. The van der Waals surface area contributed by atoms with Gasteiger partial charge < -0.3 is 26.0 Å². The van der Waals surface area contributed by atoms with Gasteiger partial charge in [-0.3, -0.25) is 4.79 Å². The number of hydrogen-bond acceptors (Lipinski definition) is 8. The Bertz CT molecular complexity index is 1450. The van der Waals surface area contributed by atoms with Crippen molar-refractivity contribution in [2.45, 2.75) is 45.6 Å². The minimum absolute atomic E-state index is 0.0167. The lowest BCUT2D eigenvalue weighted by Gasteiger charge is -2.19. The van der Waals surface area contributed by atoms with E-state index in [4.69, 9.17) is 15.6 Å². The molecule has 0 aliphatic heterocycles. The maximum absolute atomic E-state index is 13.0. The second-order valence-corrected chi connectivity index (χ2v) is 10.5. The van der Waals surface area contributed by atoms with Gasteiger partial charge in [0.15, 0.2) is 5.82 Å². The van der Waals surface area contributed by atoms with Crippen LogP contribution in [-0.4, -0.2) is 44.3 Å². The second-order valence-electron chi connectivity index (χ2n) is 10.5. The van der Waals surface area contributed by atoms with E-state index < -0.39 is 0 Å². The number of benzene rings is 3. The summed E-state index contributed by atoms with van der Waals surface area (Å²) in [4.78, 5) is 26.2. The van der Waals surface area contributed by atoms with E-state index in [1.807, 2.05) is 36.4 Å². The molecule has 0 saturated heterocycles. The van der Waals surface area contributed by atoms with Crippen LogP contribution in [0.25, 0.3) is 11.4 Å². The van der Waals surface area contributed by atoms with Crippen molar-refractivity contribution < 1.29 is 19.7 Å². The molecule has 4 aromatic rings.